The van der Waals surface area contributed by atoms with Crippen LogP contribution < -0.4 is 0 Å². The van der Waals surface area contributed by atoms with Crippen molar-refractivity contribution in [1.29, 1.82) is 0 Å². The summed E-state index contributed by atoms with van der Waals surface area (Å²) in [6.45, 7) is 1.71. The predicted molar refractivity (Wildman–Crippen MR) is 59.1 cm³/mol. The number of benzene rings is 1. The molecular weight excluding hydrogens is 223 g/mol. The topological polar surface area (TPSA) is 63.1 Å². The van der Waals surface area contributed by atoms with Gasteiger partial charge < -0.3 is 5.11 Å². The number of hydrogen-bond donors (Lipinski definition) is 1. The van der Waals surface area contributed by atoms with E-state index in [1.807, 2.05) is 0 Å². The fourth-order valence-electron chi connectivity index (χ4n) is 1.45. The van der Waals surface area contributed by atoms with Gasteiger partial charge in [0.15, 0.2) is 11.6 Å². The summed E-state index contributed by atoms with van der Waals surface area (Å²) >= 11 is 0. The Morgan fingerprint density at radius 3 is 2.53 bits per heavy atom. The van der Waals surface area contributed by atoms with Crippen LogP contribution in [-0.2, 0) is 0 Å². The Labute approximate surface area is 96.8 Å². The third kappa shape index (κ3) is 2.28. The van der Waals surface area contributed by atoms with Crippen molar-refractivity contribution in [2.45, 2.75) is 6.92 Å². The highest BCUT2D eigenvalue weighted by atomic mass is 19.1. The molecule has 0 spiro atoms. The molecule has 0 radical (unpaired) electrons. The van der Waals surface area contributed by atoms with E-state index < -0.39 is 11.8 Å². The zero-order chi connectivity index (χ0) is 12.4. The van der Waals surface area contributed by atoms with Gasteiger partial charge in [-0.1, -0.05) is 12.1 Å². The van der Waals surface area contributed by atoms with Crippen LogP contribution in [0.3, 0.4) is 0 Å². The summed E-state index contributed by atoms with van der Waals surface area (Å²) in [5, 5.41) is 8.98. The average Bonchev–Trinajstić information content (AvgIpc) is 2.30. The van der Waals surface area contributed by atoms with Gasteiger partial charge in [0.25, 0.3) is 0 Å². The summed E-state index contributed by atoms with van der Waals surface area (Å²) in [4.78, 5) is 18.6. The second-order valence-electron chi connectivity index (χ2n) is 3.56. The van der Waals surface area contributed by atoms with Gasteiger partial charge in [0.1, 0.15) is 0 Å². The molecule has 1 aromatic carbocycles. The van der Waals surface area contributed by atoms with Gasteiger partial charge in [0.05, 0.1) is 18.0 Å². The van der Waals surface area contributed by atoms with Gasteiger partial charge in [0.2, 0.25) is 0 Å². The van der Waals surface area contributed by atoms with Crippen molar-refractivity contribution in [1.82, 2.24) is 9.97 Å². The third-order valence-electron chi connectivity index (χ3n) is 2.35. The van der Waals surface area contributed by atoms with Crippen LogP contribution in [0.15, 0.2) is 30.6 Å². The Morgan fingerprint density at radius 2 is 1.94 bits per heavy atom. The first kappa shape index (κ1) is 11.2. The van der Waals surface area contributed by atoms with Gasteiger partial charge in [-0.25, -0.2) is 19.2 Å². The van der Waals surface area contributed by atoms with Crippen LogP contribution >= 0.6 is 0 Å². The SMILES string of the molecule is Cc1ccc(-c2ncc(F)cn2)cc1C(=O)O. The monoisotopic (exact) mass is 232 g/mol. The molecule has 0 saturated carbocycles. The molecule has 1 N–H and O–H groups in total. The van der Waals surface area contributed by atoms with Crippen molar-refractivity contribution < 1.29 is 14.3 Å². The van der Waals surface area contributed by atoms with Gasteiger partial charge in [-0.3, -0.25) is 0 Å². The standard InChI is InChI=1S/C12H9FN2O2/c1-7-2-3-8(4-10(7)12(16)17)11-14-5-9(13)6-15-11/h2-6H,1H3,(H,16,17). The predicted octanol–water partition coefficient (Wildman–Crippen LogP) is 2.29. The smallest absolute Gasteiger partial charge is 0.335 e. The maximum Gasteiger partial charge on any atom is 0.335 e. The highest BCUT2D eigenvalue weighted by Gasteiger charge is 2.10. The number of carboxylic acid groups (broad SMARTS) is 1. The van der Waals surface area contributed by atoms with Crippen molar-refractivity contribution in [3.05, 3.63) is 47.5 Å². The largest absolute Gasteiger partial charge is 0.478 e. The first-order chi connectivity index (χ1) is 8.08. The number of aryl methyl sites for hydroxylation is 1. The lowest BCUT2D eigenvalue weighted by Crippen LogP contribution is -2.00. The summed E-state index contributed by atoms with van der Waals surface area (Å²) in [6, 6.07) is 4.85. The van der Waals surface area contributed by atoms with Crippen molar-refractivity contribution >= 4 is 5.97 Å². The van der Waals surface area contributed by atoms with Crippen LogP contribution in [0, 0.1) is 12.7 Å². The minimum atomic E-state index is -1.01. The molecule has 17 heavy (non-hydrogen) atoms. The van der Waals surface area contributed by atoms with Crippen LogP contribution in [0.4, 0.5) is 4.39 Å². The Balaban J connectivity index is 2.50. The number of nitrogens with zero attached hydrogens (tertiary/aromatic N) is 2. The average molecular weight is 232 g/mol. The number of carboxylic acids is 1. The van der Waals surface area contributed by atoms with E-state index in [1.165, 1.54) is 6.07 Å². The summed E-state index contributed by atoms with van der Waals surface area (Å²) < 4.78 is 12.7. The molecule has 1 aromatic heterocycles. The summed E-state index contributed by atoms with van der Waals surface area (Å²) in [5.74, 6) is -1.24. The van der Waals surface area contributed by atoms with E-state index in [0.717, 1.165) is 12.4 Å². The molecule has 2 rings (SSSR count). The summed E-state index contributed by atoms with van der Waals surface area (Å²) in [5.41, 5.74) is 1.40. The fraction of sp³-hybridized carbons (Fsp3) is 0.0833. The highest BCUT2D eigenvalue weighted by Crippen LogP contribution is 2.19. The minimum absolute atomic E-state index is 0.190. The Kier molecular flexibility index (Phi) is 2.82. The molecule has 0 fully saturated rings. The third-order valence-corrected chi connectivity index (χ3v) is 2.35. The van der Waals surface area contributed by atoms with Crippen LogP contribution in [0.5, 0.6) is 0 Å². The van der Waals surface area contributed by atoms with Crippen LogP contribution in [-0.4, -0.2) is 21.0 Å². The molecule has 0 atom stereocenters. The molecule has 2 aromatic rings. The van der Waals surface area contributed by atoms with E-state index >= 15 is 0 Å². The van der Waals surface area contributed by atoms with Gasteiger partial charge in [0, 0.05) is 5.56 Å². The number of carbonyl (C=O) groups is 1. The lowest BCUT2D eigenvalue weighted by atomic mass is 10.0. The maximum absolute atomic E-state index is 12.7. The molecule has 0 amide bonds. The van der Waals surface area contributed by atoms with Crippen molar-refractivity contribution in [2.24, 2.45) is 0 Å². The van der Waals surface area contributed by atoms with Gasteiger partial charge in [-0.15, -0.1) is 0 Å². The van der Waals surface area contributed by atoms with E-state index in [1.54, 1.807) is 19.1 Å². The summed E-state index contributed by atoms with van der Waals surface area (Å²) in [7, 11) is 0. The molecule has 0 aliphatic carbocycles. The number of aromatic nitrogens is 2. The molecule has 0 aliphatic rings. The van der Waals surface area contributed by atoms with Gasteiger partial charge in [-0.2, -0.15) is 0 Å². The molecule has 4 nitrogen and oxygen atoms in total. The fourth-order valence-corrected chi connectivity index (χ4v) is 1.45. The van der Waals surface area contributed by atoms with E-state index in [9.17, 15) is 9.18 Å². The van der Waals surface area contributed by atoms with Crippen molar-refractivity contribution in [3.63, 3.8) is 0 Å². The normalized spacial score (nSPS) is 10.2. The van der Waals surface area contributed by atoms with Gasteiger partial charge in [-0.05, 0) is 18.6 Å². The molecule has 0 aliphatic heterocycles. The molecule has 5 heteroatoms. The first-order valence-corrected chi connectivity index (χ1v) is 4.90. The Bertz CT molecular complexity index is 567. The van der Waals surface area contributed by atoms with Gasteiger partial charge >= 0.3 is 5.97 Å². The second-order valence-corrected chi connectivity index (χ2v) is 3.56. The number of aromatic carboxylic acids is 1. The quantitative estimate of drug-likeness (QED) is 0.862. The lowest BCUT2D eigenvalue weighted by Gasteiger charge is -2.04. The van der Waals surface area contributed by atoms with E-state index in [-0.39, 0.29) is 5.56 Å². The number of halogens is 1. The Hall–Kier alpha value is -2.30. The molecule has 0 unspecified atom stereocenters. The van der Waals surface area contributed by atoms with E-state index in [2.05, 4.69) is 9.97 Å². The highest BCUT2D eigenvalue weighted by molar-refractivity contribution is 5.90. The molecule has 0 bridgehead atoms. The molecule has 86 valence electrons. The molecule has 0 saturated heterocycles. The maximum atomic E-state index is 12.7. The second kappa shape index (κ2) is 4.29. The molecular formula is C12H9FN2O2. The van der Waals surface area contributed by atoms with E-state index in [4.69, 9.17) is 5.11 Å². The van der Waals surface area contributed by atoms with E-state index in [0.29, 0.717) is 17.0 Å². The van der Waals surface area contributed by atoms with Crippen LogP contribution in [0.1, 0.15) is 15.9 Å². The summed E-state index contributed by atoms with van der Waals surface area (Å²) in [6.07, 6.45) is 2.09. The zero-order valence-corrected chi connectivity index (χ0v) is 9.01. The van der Waals surface area contributed by atoms with Crippen LogP contribution in [0.25, 0.3) is 11.4 Å². The number of rotatable bonds is 2. The molecule has 1 heterocycles. The van der Waals surface area contributed by atoms with Crippen LogP contribution in [0.2, 0.25) is 0 Å². The van der Waals surface area contributed by atoms with Crippen molar-refractivity contribution in [3.8, 4) is 11.4 Å². The lowest BCUT2D eigenvalue weighted by molar-refractivity contribution is 0.0696. The minimum Gasteiger partial charge on any atom is -0.478 e. The van der Waals surface area contributed by atoms with Crippen molar-refractivity contribution in [2.75, 3.05) is 0 Å². The first-order valence-electron chi connectivity index (χ1n) is 4.90. The Morgan fingerprint density at radius 1 is 1.29 bits per heavy atom. The number of hydrogen-bond acceptors (Lipinski definition) is 3. The zero-order valence-electron chi connectivity index (χ0n) is 9.01.